The van der Waals surface area contributed by atoms with Crippen LogP contribution in [0.3, 0.4) is 0 Å². The SMILES string of the molecule is COC(Oc1cc(C(=O)OCCS(=O)(=O)[O-])ccc1OC(F)(F)F)C1CCCCC1. The average Bonchev–Trinajstić information content (AvgIpc) is 2.65. The van der Waals surface area contributed by atoms with Gasteiger partial charge in [0.1, 0.15) is 6.61 Å². The quantitative estimate of drug-likeness (QED) is 0.317. The Kier molecular flexibility index (Phi) is 8.33. The summed E-state index contributed by atoms with van der Waals surface area (Å²) in [6, 6.07) is 2.88. The molecular weight excluding hydrogens is 433 g/mol. The minimum Gasteiger partial charge on any atom is -0.748 e. The van der Waals surface area contributed by atoms with Crippen LogP contribution in [0.5, 0.6) is 11.5 Å². The molecule has 8 nitrogen and oxygen atoms in total. The minimum atomic E-state index is -4.99. The van der Waals surface area contributed by atoms with Crippen molar-refractivity contribution < 1.29 is 49.9 Å². The van der Waals surface area contributed by atoms with Gasteiger partial charge in [0.15, 0.2) is 11.5 Å². The van der Waals surface area contributed by atoms with Crippen molar-refractivity contribution in [2.75, 3.05) is 19.5 Å². The van der Waals surface area contributed by atoms with Gasteiger partial charge in [0.05, 0.1) is 21.4 Å². The lowest BCUT2D eigenvalue weighted by Crippen LogP contribution is -2.31. The third kappa shape index (κ3) is 8.00. The van der Waals surface area contributed by atoms with E-state index in [0.717, 1.165) is 50.3 Å². The Labute approximate surface area is 172 Å². The molecule has 0 amide bonds. The van der Waals surface area contributed by atoms with E-state index in [9.17, 15) is 30.9 Å². The van der Waals surface area contributed by atoms with Crippen LogP contribution in [0.4, 0.5) is 13.2 Å². The summed E-state index contributed by atoms with van der Waals surface area (Å²) in [5.41, 5.74) is -0.207. The van der Waals surface area contributed by atoms with Gasteiger partial charge in [0, 0.05) is 13.0 Å². The lowest BCUT2D eigenvalue weighted by molar-refractivity contribution is -0.275. The van der Waals surface area contributed by atoms with Gasteiger partial charge in [-0.25, -0.2) is 13.2 Å². The van der Waals surface area contributed by atoms with E-state index in [0.29, 0.717) is 0 Å². The number of carbonyl (C=O) groups is 1. The molecule has 12 heteroatoms. The van der Waals surface area contributed by atoms with Gasteiger partial charge in [0.2, 0.25) is 6.29 Å². The Balaban J connectivity index is 2.22. The second-order valence-corrected chi connectivity index (χ2v) is 8.25. The third-order valence-corrected chi connectivity index (χ3v) is 5.15. The molecule has 1 fully saturated rings. The van der Waals surface area contributed by atoms with Crippen molar-refractivity contribution in [1.29, 1.82) is 0 Å². The molecule has 170 valence electrons. The van der Waals surface area contributed by atoms with Crippen LogP contribution in [-0.2, 0) is 19.6 Å². The number of hydrogen-bond acceptors (Lipinski definition) is 8. The Hall–Kier alpha value is -2.05. The van der Waals surface area contributed by atoms with E-state index in [2.05, 4.69) is 9.47 Å². The number of benzene rings is 1. The van der Waals surface area contributed by atoms with Crippen molar-refractivity contribution in [3.8, 4) is 11.5 Å². The average molecular weight is 455 g/mol. The lowest BCUT2D eigenvalue weighted by Gasteiger charge is -2.30. The molecule has 0 heterocycles. The number of alkyl halides is 3. The molecule has 0 radical (unpaired) electrons. The van der Waals surface area contributed by atoms with E-state index in [1.807, 2.05) is 0 Å². The van der Waals surface area contributed by atoms with Crippen LogP contribution < -0.4 is 9.47 Å². The molecule has 1 aliphatic rings. The number of methoxy groups -OCH3 is 1. The largest absolute Gasteiger partial charge is 0.748 e. The van der Waals surface area contributed by atoms with Gasteiger partial charge in [-0.15, -0.1) is 13.2 Å². The molecular formula is C18H22F3O8S-. The molecule has 1 unspecified atom stereocenters. The maximum Gasteiger partial charge on any atom is 0.573 e. The van der Waals surface area contributed by atoms with Gasteiger partial charge in [-0.1, -0.05) is 19.3 Å². The second-order valence-electron chi connectivity index (χ2n) is 6.73. The highest BCUT2D eigenvalue weighted by Crippen LogP contribution is 2.36. The number of ether oxygens (including phenoxy) is 4. The molecule has 1 saturated carbocycles. The fourth-order valence-electron chi connectivity index (χ4n) is 3.12. The highest BCUT2D eigenvalue weighted by molar-refractivity contribution is 7.85. The Morgan fingerprint density at radius 2 is 1.87 bits per heavy atom. The summed E-state index contributed by atoms with van der Waals surface area (Å²) in [6.45, 7) is -0.690. The van der Waals surface area contributed by atoms with Gasteiger partial charge < -0.3 is 23.5 Å². The van der Waals surface area contributed by atoms with Crippen LogP contribution in [-0.4, -0.2) is 51.1 Å². The van der Waals surface area contributed by atoms with Crippen LogP contribution in [0.2, 0.25) is 0 Å². The van der Waals surface area contributed by atoms with Gasteiger partial charge in [-0.2, -0.15) is 0 Å². The summed E-state index contributed by atoms with van der Waals surface area (Å²) in [4.78, 5) is 12.1. The molecule has 1 aromatic carbocycles. The van der Waals surface area contributed by atoms with Gasteiger partial charge in [0.25, 0.3) is 0 Å². The zero-order chi connectivity index (χ0) is 22.4. The molecule has 0 bridgehead atoms. The Bertz CT molecular complexity index is 819. The molecule has 2 rings (SSSR count). The number of halogens is 3. The zero-order valence-electron chi connectivity index (χ0n) is 16.1. The smallest absolute Gasteiger partial charge is 0.573 e. The molecule has 0 spiro atoms. The first-order chi connectivity index (χ1) is 14.0. The van der Waals surface area contributed by atoms with Gasteiger partial charge in [-0.3, -0.25) is 0 Å². The van der Waals surface area contributed by atoms with Crippen LogP contribution in [0.15, 0.2) is 18.2 Å². The predicted molar refractivity (Wildman–Crippen MR) is 96.0 cm³/mol. The van der Waals surface area contributed by atoms with Crippen LogP contribution in [0.25, 0.3) is 0 Å². The summed E-state index contributed by atoms with van der Waals surface area (Å²) in [5, 5.41) is 0. The van der Waals surface area contributed by atoms with E-state index in [4.69, 9.17) is 9.47 Å². The zero-order valence-corrected chi connectivity index (χ0v) is 17.0. The number of rotatable bonds is 9. The van der Waals surface area contributed by atoms with Crippen molar-refractivity contribution in [3.63, 3.8) is 0 Å². The van der Waals surface area contributed by atoms with Crippen molar-refractivity contribution in [3.05, 3.63) is 23.8 Å². The molecule has 1 aromatic rings. The van der Waals surface area contributed by atoms with Crippen LogP contribution in [0, 0.1) is 5.92 Å². The van der Waals surface area contributed by atoms with Crippen molar-refractivity contribution in [2.24, 2.45) is 5.92 Å². The predicted octanol–water partition coefficient (Wildman–Crippen LogP) is 3.22. The van der Waals surface area contributed by atoms with E-state index in [1.165, 1.54) is 7.11 Å². The van der Waals surface area contributed by atoms with E-state index in [1.54, 1.807) is 0 Å². The second kappa shape index (κ2) is 10.3. The molecule has 0 N–H and O–H groups in total. The fraction of sp³-hybridized carbons (Fsp3) is 0.611. The van der Waals surface area contributed by atoms with Crippen molar-refractivity contribution in [2.45, 2.75) is 44.8 Å². The number of hydrogen-bond donors (Lipinski definition) is 0. The summed E-state index contributed by atoms with van der Waals surface area (Å²) in [5.74, 6) is -3.05. The highest BCUT2D eigenvalue weighted by Gasteiger charge is 2.34. The van der Waals surface area contributed by atoms with E-state index < -0.39 is 46.8 Å². The standard InChI is InChI=1S/C18H23F3O8S/c1-26-17(12-5-3-2-4-6-12)28-15-11-13(7-8-14(15)29-18(19,20)21)16(22)27-9-10-30(23,24)25/h7-8,11-12,17H,2-6,9-10H2,1H3,(H,23,24,25)/p-1. The normalized spacial score (nSPS) is 16.7. The number of esters is 1. The van der Waals surface area contributed by atoms with Gasteiger partial charge >= 0.3 is 12.3 Å². The first-order valence-electron chi connectivity index (χ1n) is 9.18. The first kappa shape index (κ1) is 24.2. The molecule has 1 aliphatic carbocycles. The molecule has 1 atom stereocenters. The molecule has 0 aliphatic heterocycles. The molecule has 30 heavy (non-hydrogen) atoms. The van der Waals surface area contributed by atoms with E-state index in [-0.39, 0.29) is 17.2 Å². The van der Waals surface area contributed by atoms with Crippen LogP contribution >= 0.6 is 0 Å². The summed E-state index contributed by atoms with van der Waals surface area (Å²) >= 11 is 0. The third-order valence-electron chi connectivity index (χ3n) is 4.48. The summed E-state index contributed by atoms with van der Waals surface area (Å²) in [6.07, 6.45) is -1.36. The first-order valence-corrected chi connectivity index (χ1v) is 10.8. The van der Waals surface area contributed by atoms with E-state index >= 15 is 0 Å². The van der Waals surface area contributed by atoms with Crippen LogP contribution in [0.1, 0.15) is 42.5 Å². The monoisotopic (exact) mass is 455 g/mol. The highest BCUT2D eigenvalue weighted by atomic mass is 32.2. The maximum atomic E-state index is 12.7. The fourth-order valence-corrected chi connectivity index (χ4v) is 3.41. The summed E-state index contributed by atoms with van der Waals surface area (Å²) < 4.78 is 89.6. The van der Waals surface area contributed by atoms with Crippen molar-refractivity contribution in [1.82, 2.24) is 0 Å². The minimum absolute atomic E-state index is 0.0413. The Morgan fingerprint density at radius 1 is 1.20 bits per heavy atom. The van der Waals surface area contributed by atoms with Gasteiger partial charge in [-0.05, 0) is 31.0 Å². The maximum absolute atomic E-state index is 12.7. The summed E-state index contributed by atoms with van der Waals surface area (Å²) in [7, 11) is -3.22. The lowest BCUT2D eigenvalue weighted by atomic mass is 9.89. The Morgan fingerprint density at radius 3 is 2.43 bits per heavy atom. The number of carbonyl (C=O) groups excluding carboxylic acids is 1. The molecule has 0 aromatic heterocycles. The van der Waals surface area contributed by atoms with Crippen molar-refractivity contribution >= 4 is 16.1 Å². The topological polar surface area (TPSA) is 111 Å². The molecule has 0 saturated heterocycles.